The summed E-state index contributed by atoms with van der Waals surface area (Å²) in [4.78, 5) is 10.1. The normalized spacial score (nSPS) is 18.3. The van der Waals surface area contributed by atoms with Crippen molar-refractivity contribution in [2.75, 3.05) is 0 Å². The van der Waals surface area contributed by atoms with Crippen molar-refractivity contribution in [3.05, 3.63) is 57.6 Å². The molecule has 1 aliphatic carbocycles. The van der Waals surface area contributed by atoms with Crippen molar-refractivity contribution < 1.29 is 72.2 Å². The number of alkyl halides is 9. The Labute approximate surface area is 329 Å². The van der Waals surface area contributed by atoms with E-state index >= 15 is 0 Å². The van der Waals surface area contributed by atoms with Crippen LogP contribution in [0.3, 0.4) is 0 Å². The van der Waals surface area contributed by atoms with Gasteiger partial charge in [-0.1, -0.05) is 108 Å². The Morgan fingerprint density at radius 2 is 0.836 bits per heavy atom. The molecule has 0 radical (unpaired) electrons. The van der Waals surface area contributed by atoms with Crippen LogP contribution in [0.2, 0.25) is 0 Å². The molecule has 1 saturated carbocycles. The van der Waals surface area contributed by atoms with Crippen molar-refractivity contribution in [3.63, 3.8) is 0 Å². The molecule has 15 heteroatoms. The second-order valence-corrected chi connectivity index (χ2v) is 18.1. The van der Waals surface area contributed by atoms with Crippen molar-refractivity contribution in [2.45, 2.75) is 167 Å². The minimum absolute atomic E-state index is 0. The zero-order chi connectivity index (χ0) is 42.3. The first-order valence-corrected chi connectivity index (χ1v) is 17.7. The van der Waals surface area contributed by atoms with Crippen LogP contribution in [0.4, 0.5) is 39.5 Å². The molecule has 2 N–H and O–H groups in total. The van der Waals surface area contributed by atoms with Gasteiger partial charge in [-0.3, -0.25) is 9.98 Å². The van der Waals surface area contributed by atoms with Gasteiger partial charge in [0.1, 0.15) is 11.5 Å². The van der Waals surface area contributed by atoms with Crippen LogP contribution in [0.25, 0.3) is 0 Å². The third kappa shape index (κ3) is 12.1. The molecular weight excluding hydrogens is 779 g/mol. The predicted molar refractivity (Wildman–Crippen MR) is 193 cm³/mol. The SMILES string of the molecule is CC(C)(C)c1cc(C=NC2CCCCC2N=Cc2cc(C(C)(C)C)cc(C(C)(C)C)c2O)c(O)c(C(C)(C)C)c1.[Cr].[O-]C(F)(F)C(F)(C(F)(F)F)C(F)(F)F. The molecule has 2 aromatic rings. The van der Waals surface area contributed by atoms with Gasteiger partial charge in [0.05, 0.1) is 12.1 Å². The van der Waals surface area contributed by atoms with Gasteiger partial charge < -0.3 is 15.3 Å². The van der Waals surface area contributed by atoms with Gasteiger partial charge in [0.25, 0.3) is 0 Å². The zero-order valence-electron chi connectivity index (χ0n) is 33.5. The van der Waals surface area contributed by atoms with E-state index in [2.05, 4.69) is 107 Å². The summed E-state index contributed by atoms with van der Waals surface area (Å²) in [6.07, 6.45) is -13.0. The van der Waals surface area contributed by atoms with Gasteiger partial charge in [0.15, 0.2) is 0 Å². The summed E-state index contributed by atoms with van der Waals surface area (Å²) in [5.41, 5.74) is -1.68. The van der Waals surface area contributed by atoms with E-state index in [0.717, 1.165) is 47.9 Å². The molecule has 0 spiro atoms. The van der Waals surface area contributed by atoms with Crippen LogP contribution in [0, 0.1) is 0 Å². The summed E-state index contributed by atoms with van der Waals surface area (Å²) in [5, 5.41) is 31.7. The zero-order valence-corrected chi connectivity index (χ0v) is 34.7. The number of aliphatic imine (C=N–C) groups is 2. The molecule has 55 heavy (non-hydrogen) atoms. The molecule has 0 amide bonds. The molecule has 2 unspecified atom stereocenters. The molecule has 1 fully saturated rings. The molecule has 2 aromatic carbocycles. The standard InChI is InChI=1S/C36H54N2O2.C4F9O.Cr/c1-33(2,3)25-17-23(31(39)27(19-25)35(7,8)9)21-37-29-15-13-14-16-30(29)38-22-24-18-26(34(4,5)6)20-28(32(24)40)36(10,11)12;5-1(2(6,7)8,3(9,10)11)4(12,13)14;/h17-22,29-30,39-40H,13-16H2,1-12H3;;/q;-1;. The minimum Gasteiger partial charge on any atom is -0.795 e. The van der Waals surface area contributed by atoms with Crippen LogP contribution in [0.1, 0.15) is 142 Å². The maximum Gasteiger partial charge on any atom is 0.436 e. The van der Waals surface area contributed by atoms with Gasteiger partial charge in [-0.25, -0.2) is 13.2 Å². The Kier molecular flexibility index (Phi) is 15.5. The van der Waals surface area contributed by atoms with Gasteiger partial charge in [-0.15, -0.1) is 0 Å². The summed E-state index contributed by atoms with van der Waals surface area (Å²) in [7, 11) is 0. The van der Waals surface area contributed by atoms with E-state index < -0.39 is 24.1 Å². The van der Waals surface area contributed by atoms with E-state index in [1.807, 2.05) is 12.4 Å². The molecule has 0 aliphatic heterocycles. The topological polar surface area (TPSA) is 88.2 Å². The molecule has 0 heterocycles. The Bertz CT molecular complexity index is 1530. The number of hydrogen-bond donors (Lipinski definition) is 2. The smallest absolute Gasteiger partial charge is 0.436 e. The summed E-state index contributed by atoms with van der Waals surface area (Å²) < 4.78 is 103. The minimum atomic E-state index is -7.08. The number of phenolic OH excluding ortho intramolecular Hbond substituents is 2. The van der Waals surface area contributed by atoms with Crippen LogP contribution in [0.15, 0.2) is 34.3 Å². The van der Waals surface area contributed by atoms with Gasteiger partial charge in [0, 0.05) is 52.0 Å². The van der Waals surface area contributed by atoms with Gasteiger partial charge >= 0.3 is 18.0 Å². The third-order valence-corrected chi connectivity index (χ3v) is 9.31. The molecular formula is C40H54CrF9N2O3-. The molecule has 0 bridgehead atoms. The van der Waals surface area contributed by atoms with Crippen LogP contribution < -0.4 is 5.11 Å². The quantitative estimate of drug-likeness (QED) is 0.232. The average molecular weight is 834 g/mol. The summed E-state index contributed by atoms with van der Waals surface area (Å²) in [5.74, 6) is 0.637. The second kappa shape index (κ2) is 17.0. The Balaban J connectivity index is 0.000000857. The number of halogens is 9. The molecule has 2 atom stereocenters. The fraction of sp³-hybridized carbons (Fsp3) is 0.650. The average Bonchev–Trinajstić information content (AvgIpc) is 2.96. The largest absolute Gasteiger partial charge is 0.795 e. The molecule has 1 aliphatic rings. The molecule has 3 rings (SSSR count). The van der Waals surface area contributed by atoms with E-state index in [-0.39, 0.29) is 51.1 Å². The number of hydrogen-bond acceptors (Lipinski definition) is 5. The van der Waals surface area contributed by atoms with Crippen molar-refractivity contribution in [1.82, 2.24) is 0 Å². The van der Waals surface area contributed by atoms with Gasteiger partial charge in [0.2, 0.25) is 6.11 Å². The summed E-state index contributed by atoms with van der Waals surface area (Å²) >= 11 is 0. The first-order chi connectivity index (χ1) is 23.9. The Hall–Kier alpha value is -2.76. The second-order valence-electron chi connectivity index (χ2n) is 18.1. The fourth-order valence-electron chi connectivity index (χ4n) is 5.80. The monoisotopic (exact) mass is 833 g/mol. The number of aromatic hydroxyl groups is 2. The molecule has 312 valence electrons. The van der Waals surface area contributed by atoms with Gasteiger partial charge in [-0.2, -0.15) is 26.3 Å². The van der Waals surface area contributed by atoms with Crippen molar-refractivity contribution in [3.8, 4) is 11.5 Å². The maximum atomic E-state index is 12.0. The van der Waals surface area contributed by atoms with Crippen LogP contribution in [-0.4, -0.2) is 58.9 Å². The predicted octanol–water partition coefficient (Wildman–Crippen LogP) is 10.9. The van der Waals surface area contributed by atoms with Crippen LogP contribution >= 0.6 is 0 Å². The van der Waals surface area contributed by atoms with E-state index in [1.54, 1.807) is 0 Å². The first-order valence-electron chi connectivity index (χ1n) is 17.7. The number of phenols is 2. The third-order valence-electron chi connectivity index (χ3n) is 9.31. The molecule has 0 aromatic heterocycles. The number of rotatable bonds is 5. The van der Waals surface area contributed by atoms with Crippen LogP contribution in [-0.2, 0) is 39.0 Å². The van der Waals surface area contributed by atoms with E-state index in [0.29, 0.717) is 11.5 Å². The van der Waals surface area contributed by atoms with Crippen molar-refractivity contribution >= 4 is 12.4 Å². The summed E-state index contributed by atoms with van der Waals surface area (Å²) in [6, 6.07) is 8.53. The number of benzene rings is 2. The van der Waals surface area contributed by atoms with E-state index in [9.17, 15) is 54.8 Å². The Morgan fingerprint density at radius 1 is 0.545 bits per heavy atom. The summed E-state index contributed by atoms with van der Waals surface area (Å²) in [6.45, 7) is 26.0. The number of nitrogens with zero attached hydrogens (tertiary/aromatic N) is 2. The van der Waals surface area contributed by atoms with E-state index in [4.69, 9.17) is 9.98 Å². The first kappa shape index (κ1) is 50.3. The van der Waals surface area contributed by atoms with Crippen LogP contribution in [0.5, 0.6) is 11.5 Å². The fourth-order valence-corrected chi connectivity index (χ4v) is 5.80. The molecule has 5 nitrogen and oxygen atoms in total. The van der Waals surface area contributed by atoms with Gasteiger partial charge in [-0.05, 0) is 57.8 Å². The van der Waals surface area contributed by atoms with Crippen molar-refractivity contribution in [1.29, 1.82) is 0 Å². The maximum absolute atomic E-state index is 12.0. The van der Waals surface area contributed by atoms with Crippen molar-refractivity contribution in [2.24, 2.45) is 9.98 Å². The van der Waals surface area contributed by atoms with E-state index in [1.165, 1.54) is 11.1 Å². The Morgan fingerprint density at radius 3 is 1.04 bits per heavy atom. The molecule has 0 saturated heterocycles.